The van der Waals surface area contributed by atoms with E-state index in [9.17, 15) is 8.96 Å². The summed E-state index contributed by atoms with van der Waals surface area (Å²) >= 11 is 6.33. The van der Waals surface area contributed by atoms with E-state index in [0.717, 1.165) is 0 Å². The zero-order valence-corrected chi connectivity index (χ0v) is 18.5. The number of nitrogens with one attached hydrogen (secondary N) is 1. The number of aryl methyl sites for hydroxylation is 2. The molecular weight excluding hydrogens is 438 g/mol. The molecule has 3 aromatic rings. The van der Waals surface area contributed by atoms with E-state index in [1.54, 1.807) is 59.7 Å². The molecule has 2 heterocycles. The number of aliphatic imine (C=N–C) groups is 1. The van der Waals surface area contributed by atoms with Crippen molar-refractivity contribution >= 4 is 41.7 Å². The van der Waals surface area contributed by atoms with Gasteiger partial charge < -0.3 is 5.09 Å². The molecule has 1 aromatic heterocycles. The zero-order chi connectivity index (χ0) is 22.2. The molecule has 0 aliphatic carbocycles. The lowest BCUT2D eigenvalue weighted by Gasteiger charge is -2.35. The predicted octanol–water partition coefficient (Wildman–Crippen LogP) is 4.85. The largest absolute Gasteiger partial charge is 0.315 e. The second-order valence-electron chi connectivity index (χ2n) is 7.02. The van der Waals surface area contributed by atoms with E-state index in [2.05, 4.69) is 16.3 Å². The summed E-state index contributed by atoms with van der Waals surface area (Å²) in [6.45, 7) is 2.07. The van der Waals surface area contributed by atoms with Crippen LogP contribution in [0.4, 0.5) is 15.9 Å². The molecule has 10 heteroatoms. The number of nitriles is 1. The number of anilines is 1. The lowest BCUT2D eigenvalue weighted by molar-refractivity contribution is 0.553. The lowest BCUT2D eigenvalue weighted by Crippen LogP contribution is -2.36. The van der Waals surface area contributed by atoms with Crippen molar-refractivity contribution in [3.05, 3.63) is 70.6 Å². The Kier molecular flexibility index (Phi) is 5.57. The average molecular weight is 457 g/mol. The molecule has 0 radical (unpaired) electrons. The number of rotatable bonds is 5. The number of amidine groups is 1. The van der Waals surface area contributed by atoms with Crippen LogP contribution >= 0.6 is 19.0 Å². The van der Waals surface area contributed by atoms with Gasteiger partial charge in [-0.3, -0.25) is 9.24 Å². The molecule has 158 valence electrons. The fourth-order valence-electron chi connectivity index (χ4n) is 3.49. The van der Waals surface area contributed by atoms with Crippen LogP contribution in [0.3, 0.4) is 0 Å². The van der Waals surface area contributed by atoms with Gasteiger partial charge in [0.1, 0.15) is 17.0 Å². The Morgan fingerprint density at radius 1 is 1.23 bits per heavy atom. The number of aromatic nitrogens is 2. The summed E-state index contributed by atoms with van der Waals surface area (Å²) in [7, 11) is -1.85. The summed E-state index contributed by atoms with van der Waals surface area (Å²) in [6, 6.07) is 14.9. The fraction of sp³-hybridized carbons (Fsp3) is 0.190. The van der Waals surface area contributed by atoms with E-state index in [-0.39, 0.29) is 12.2 Å². The molecule has 0 saturated carbocycles. The van der Waals surface area contributed by atoms with Crippen LogP contribution in [0.2, 0.25) is 5.02 Å². The first kappa shape index (κ1) is 21.1. The van der Waals surface area contributed by atoms with Gasteiger partial charge in [-0.15, -0.1) is 0 Å². The third-order valence-corrected chi connectivity index (χ3v) is 8.04. The Hall–Kier alpha value is -3.14. The quantitative estimate of drug-likeness (QED) is 0.554. The number of hydrogen-bond acceptors (Lipinski definition) is 4. The van der Waals surface area contributed by atoms with E-state index in [1.807, 2.05) is 0 Å². The summed E-state index contributed by atoms with van der Waals surface area (Å²) in [5.41, 5.74) is 1.65. The van der Waals surface area contributed by atoms with E-state index in [0.29, 0.717) is 45.5 Å². The Morgan fingerprint density at radius 2 is 1.94 bits per heavy atom. The molecule has 0 unspecified atom stereocenters. The van der Waals surface area contributed by atoms with E-state index < -0.39 is 7.44 Å². The first-order valence-corrected chi connectivity index (χ1v) is 11.6. The van der Waals surface area contributed by atoms with Gasteiger partial charge in [-0.2, -0.15) is 10.4 Å². The van der Waals surface area contributed by atoms with Crippen molar-refractivity contribution in [3.8, 4) is 6.07 Å². The number of halogens is 2. The number of para-hydroxylation sites is 1. The molecule has 0 bridgehead atoms. The maximum absolute atomic E-state index is 14.5. The van der Waals surface area contributed by atoms with Crippen molar-refractivity contribution in [1.29, 1.82) is 5.26 Å². The summed E-state index contributed by atoms with van der Waals surface area (Å²) in [5, 5.41) is 17.5. The normalized spacial score (nSPS) is 17.6. The van der Waals surface area contributed by atoms with Gasteiger partial charge in [0.05, 0.1) is 35.4 Å². The molecule has 1 N–H and O–H groups in total. The summed E-state index contributed by atoms with van der Waals surface area (Å²) in [5.74, 6) is 0.428. The van der Waals surface area contributed by atoms with Crippen LogP contribution in [-0.4, -0.2) is 27.3 Å². The molecule has 4 rings (SSSR count). The van der Waals surface area contributed by atoms with Gasteiger partial charge in [0.2, 0.25) is 0 Å². The summed E-state index contributed by atoms with van der Waals surface area (Å²) in [6.07, 6.45) is 0.229. The van der Waals surface area contributed by atoms with Crippen LogP contribution in [-0.2, 0) is 11.1 Å². The second kappa shape index (κ2) is 8.18. The first-order valence-electron chi connectivity index (χ1n) is 9.52. The zero-order valence-electron chi connectivity index (χ0n) is 16.9. The highest BCUT2D eigenvalue weighted by Crippen LogP contribution is 2.54. The highest BCUT2D eigenvalue weighted by molar-refractivity contribution is 7.72. The topological polar surface area (TPSA) is 86.3 Å². The van der Waals surface area contributed by atoms with Crippen LogP contribution in [0.25, 0.3) is 0 Å². The molecule has 0 fully saturated rings. The number of hydrogen-bond donors (Lipinski definition) is 1. The van der Waals surface area contributed by atoms with Crippen molar-refractivity contribution < 1.29 is 8.96 Å². The minimum atomic E-state index is -3.52. The van der Waals surface area contributed by atoms with Gasteiger partial charge in [0.25, 0.3) is 7.44 Å². The van der Waals surface area contributed by atoms with Gasteiger partial charge >= 0.3 is 0 Å². The van der Waals surface area contributed by atoms with Crippen LogP contribution in [0.5, 0.6) is 0 Å². The molecule has 1 aliphatic rings. The first-order chi connectivity index (χ1) is 14.8. The minimum absolute atomic E-state index is 0.229. The second-order valence-corrected chi connectivity index (χ2v) is 9.85. The minimum Gasteiger partial charge on any atom is -0.315 e. The van der Waals surface area contributed by atoms with Gasteiger partial charge in [-0.05, 0) is 43.3 Å². The maximum atomic E-state index is 14.5. The molecular formula is C21H19ClFN6OP. The van der Waals surface area contributed by atoms with Crippen LogP contribution in [0.1, 0.15) is 17.7 Å². The number of fused-ring (bicyclic) bond motifs is 1. The number of nitrogens with zero attached hydrogens (tertiary/aromatic N) is 5. The molecule has 2 aromatic carbocycles. The summed E-state index contributed by atoms with van der Waals surface area (Å²) in [4.78, 5) is 4.73. The van der Waals surface area contributed by atoms with Crippen LogP contribution in [0, 0.1) is 24.1 Å². The highest BCUT2D eigenvalue weighted by Gasteiger charge is 2.43. The molecule has 0 saturated heterocycles. The Morgan fingerprint density at radius 3 is 2.61 bits per heavy atom. The van der Waals surface area contributed by atoms with Crippen LogP contribution in [0.15, 0.2) is 53.5 Å². The SMILES string of the molecule is Cc1nn(CCC#N)c2c1[P@](=O)(Nc1ccccc1Cl)N(C)C(c1ccc(F)cc1)=N2. The van der Waals surface area contributed by atoms with E-state index >= 15 is 0 Å². The van der Waals surface area contributed by atoms with Gasteiger partial charge in [-0.25, -0.2) is 14.1 Å². The third kappa shape index (κ3) is 3.71. The van der Waals surface area contributed by atoms with E-state index in [1.165, 1.54) is 12.1 Å². The molecule has 0 spiro atoms. The monoisotopic (exact) mass is 456 g/mol. The molecule has 31 heavy (non-hydrogen) atoms. The van der Waals surface area contributed by atoms with Gasteiger partial charge in [0.15, 0.2) is 5.82 Å². The summed E-state index contributed by atoms with van der Waals surface area (Å²) < 4.78 is 31.2. The highest BCUT2D eigenvalue weighted by atomic mass is 35.5. The predicted molar refractivity (Wildman–Crippen MR) is 120 cm³/mol. The van der Waals surface area contributed by atoms with Crippen molar-refractivity contribution in [2.75, 3.05) is 12.1 Å². The van der Waals surface area contributed by atoms with Gasteiger partial charge in [0, 0.05) is 12.6 Å². The van der Waals surface area contributed by atoms with Crippen molar-refractivity contribution in [3.63, 3.8) is 0 Å². The molecule has 1 aliphatic heterocycles. The van der Waals surface area contributed by atoms with Crippen molar-refractivity contribution in [1.82, 2.24) is 14.5 Å². The smallest absolute Gasteiger partial charge is 0.296 e. The van der Waals surface area contributed by atoms with Crippen molar-refractivity contribution in [2.45, 2.75) is 19.9 Å². The molecule has 7 nitrogen and oxygen atoms in total. The van der Waals surface area contributed by atoms with E-state index in [4.69, 9.17) is 21.9 Å². The van der Waals surface area contributed by atoms with Crippen LogP contribution < -0.4 is 10.4 Å². The van der Waals surface area contributed by atoms with Gasteiger partial charge in [-0.1, -0.05) is 23.7 Å². The third-order valence-electron chi connectivity index (χ3n) is 5.00. The lowest BCUT2D eigenvalue weighted by atomic mass is 10.2. The Bertz CT molecular complexity index is 1260. The molecule has 0 amide bonds. The number of benzene rings is 2. The fourth-order valence-corrected chi connectivity index (χ4v) is 6.17. The Labute approximate surface area is 184 Å². The maximum Gasteiger partial charge on any atom is 0.296 e. The molecule has 1 atom stereocenters. The average Bonchev–Trinajstić information content (AvgIpc) is 3.07. The van der Waals surface area contributed by atoms with Crippen molar-refractivity contribution in [2.24, 2.45) is 4.99 Å². The standard InChI is InChI=1S/C21H19ClFN6OP/c1-14-19-21(29(26-14)13-5-12-24)25-20(15-8-10-16(23)11-9-15)28(2)31(19,30)27-18-7-4-3-6-17(18)22/h3-4,6-11H,5,13H2,1-2H3,(H,27,30)/t31-/m0/s1. The Balaban J connectivity index is 1.92.